The van der Waals surface area contributed by atoms with Crippen LogP contribution in [-0.2, 0) is 11.3 Å². The molecule has 5 nitrogen and oxygen atoms in total. The maximum absolute atomic E-state index is 13.1. The fourth-order valence-corrected chi connectivity index (χ4v) is 1.85. The van der Waals surface area contributed by atoms with Crippen LogP contribution in [0.2, 0.25) is 0 Å². The van der Waals surface area contributed by atoms with E-state index in [1.807, 2.05) is 0 Å². The molecule has 1 atom stereocenters. The maximum atomic E-state index is 13.1. The molecule has 2 amide bonds. The lowest BCUT2D eigenvalue weighted by Gasteiger charge is -2.09. The van der Waals surface area contributed by atoms with Crippen molar-refractivity contribution in [3.8, 4) is 11.1 Å². The lowest BCUT2D eigenvalue weighted by atomic mass is 10.1. The molecule has 0 radical (unpaired) electrons. The molecule has 2 aromatic rings. The molecule has 2 aromatic carbocycles. The van der Waals surface area contributed by atoms with Crippen LogP contribution < -0.4 is 10.0 Å². The third-order valence-corrected chi connectivity index (χ3v) is 2.83. The third kappa shape index (κ3) is 3.87. The number of amides is 2. The Bertz CT molecular complexity index is 646. The van der Waals surface area contributed by atoms with E-state index in [1.165, 1.54) is 12.1 Å². The summed E-state index contributed by atoms with van der Waals surface area (Å²) < 4.78 is 35.3. The molecule has 2 rings (SSSR count). The highest BCUT2D eigenvalue weighted by Crippen LogP contribution is 2.22. The van der Waals surface area contributed by atoms with Crippen LogP contribution in [0.1, 0.15) is 0 Å². The molecule has 0 saturated carbocycles. The Morgan fingerprint density at radius 1 is 1.10 bits per heavy atom. The van der Waals surface area contributed by atoms with E-state index in [2.05, 4.69) is 5.32 Å². The number of benzene rings is 2. The second-order valence-corrected chi connectivity index (χ2v) is 4.55. The number of carbonyl (C=O) groups excluding carboxylic acids is 1. The molecule has 0 aromatic heterocycles. The van der Waals surface area contributed by atoms with Crippen LogP contribution in [0.25, 0.3) is 11.1 Å². The van der Waals surface area contributed by atoms with Crippen molar-refractivity contribution in [3.63, 3.8) is 0 Å². The highest BCUT2D eigenvalue weighted by Gasteiger charge is 2.02. The number of nitrogens with one attached hydrogen (secondary N) is 2. The molecule has 0 heterocycles. The molecule has 0 aliphatic heterocycles. The van der Waals surface area contributed by atoms with Crippen LogP contribution in [-0.4, -0.2) is 14.8 Å². The topological polar surface area (TPSA) is 81.3 Å². The quantitative estimate of drug-likeness (QED) is 0.853. The highest BCUT2D eigenvalue weighted by molar-refractivity contribution is 7.77. The minimum atomic E-state index is -2.66. The number of hydrogen-bond donors (Lipinski definition) is 2. The van der Waals surface area contributed by atoms with Crippen molar-refractivity contribution >= 4 is 23.0 Å². The summed E-state index contributed by atoms with van der Waals surface area (Å²) in [4.78, 5) is 11.2. The molecule has 1 unspecified atom stereocenters. The monoisotopic (exact) mass is 293 g/mol. The van der Waals surface area contributed by atoms with Gasteiger partial charge in [0, 0.05) is 17.0 Å². The van der Waals surface area contributed by atoms with Gasteiger partial charge >= 0.3 is 6.03 Å². The van der Waals surface area contributed by atoms with Crippen molar-refractivity contribution in [2.24, 2.45) is 0 Å². The zero-order valence-electron chi connectivity index (χ0n) is 10.1. The molecule has 2 N–H and O–H groups in total. The standard InChI is InChI=1S/C13H11FN2O3S/c14-11-3-1-2-10(8-11)9-4-6-12(7-5-9)15-13(17)16-20(18)19/h1-8H,(H,18,19)(H2,15,16,17)/p-1. The fourth-order valence-electron chi connectivity index (χ4n) is 1.65. The van der Waals surface area contributed by atoms with Crippen molar-refractivity contribution in [3.05, 3.63) is 54.3 Å². The number of carbonyl (C=O) groups is 1. The first-order valence-corrected chi connectivity index (χ1v) is 6.65. The van der Waals surface area contributed by atoms with E-state index in [-0.39, 0.29) is 5.82 Å². The molecular formula is C13H10FN2O3S-. The number of urea groups is 1. The predicted octanol–water partition coefficient (Wildman–Crippen LogP) is 2.41. The van der Waals surface area contributed by atoms with Gasteiger partial charge in [-0.1, -0.05) is 24.3 Å². The van der Waals surface area contributed by atoms with E-state index >= 15 is 0 Å². The van der Waals surface area contributed by atoms with Crippen LogP contribution in [0.3, 0.4) is 0 Å². The van der Waals surface area contributed by atoms with Gasteiger partial charge in [0.05, 0.1) is 0 Å². The Kier molecular flexibility index (Phi) is 4.44. The Morgan fingerprint density at radius 3 is 2.40 bits per heavy atom. The molecule has 104 valence electrons. The summed E-state index contributed by atoms with van der Waals surface area (Å²) in [6.45, 7) is 0. The number of rotatable bonds is 3. The summed E-state index contributed by atoms with van der Waals surface area (Å²) in [6, 6.07) is 11.8. The van der Waals surface area contributed by atoms with Gasteiger partial charge in [-0.15, -0.1) is 0 Å². The summed E-state index contributed by atoms with van der Waals surface area (Å²) in [5, 5.41) is 2.35. The molecule has 0 aliphatic carbocycles. The average Bonchev–Trinajstić information content (AvgIpc) is 2.38. The SMILES string of the molecule is O=C(Nc1ccc(-c2cccc(F)c2)cc1)NS(=O)[O-]. The predicted molar refractivity (Wildman–Crippen MR) is 72.9 cm³/mol. The summed E-state index contributed by atoms with van der Waals surface area (Å²) in [5.74, 6) is -0.331. The summed E-state index contributed by atoms with van der Waals surface area (Å²) in [6.07, 6.45) is 0. The summed E-state index contributed by atoms with van der Waals surface area (Å²) in [5.41, 5.74) is 1.91. The van der Waals surface area contributed by atoms with Gasteiger partial charge < -0.3 is 9.87 Å². The van der Waals surface area contributed by atoms with E-state index < -0.39 is 17.3 Å². The average molecular weight is 293 g/mol. The molecule has 0 saturated heterocycles. The molecule has 0 spiro atoms. The van der Waals surface area contributed by atoms with Gasteiger partial charge in [0.2, 0.25) is 0 Å². The van der Waals surface area contributed by atoms with E-state index in [0.717, 1.165) is 5.56 Å². The molecule has 0 fully saturated rings. The highest BCUT2D eigenvalue weighted by atomic mass is 32.2. The Hall–Kier alpha value is -2.25. The van der Waals surface area contributed by atoms with Crippen LogP contribution in [0.5, 0.6) is 0 Å². The van der Waals surface area contributed by atoms with Crippen molar-refractivity contribution in [2.45, 2.75) is 0 Å². The fraction of sp³-hybridized carbons (Fsp3) is 0. The lowest BCUT2D eigenvalue weighted by molar-refractivity contribution is 0.256. The third-order valence-electron chi connectivity index (χ3n) is 2.48. The summed E-state index contributed by atoms with van der Waals surface area (Å²) in [7, 11) is 0. The zero-order valence-corrected chi connectivity index (χ0v) is 10.9. The van der Waals surface area contributed by atoms with Gasteiger partial charge in [0.25, 0.3) is 0 Å². The van der Waals surface area contributed by atoms with E-state index in [9.17, 15) is 17.9 Å². The van der Waals surface area contributed by atoms with Gasteiger partial charge in [-0.2, -0.15) is 0 Å². The number of anilines is 1. The molecule has 20 heavy (non-hydrogen) atoms. The summed E-state index contributed by atoms with van der Waals surface area (Å²) >= 11 is -2.66. The second kappa shape index (κ2) is 6.27. The van der Waals surface area contributed by atoms with Gasteiger partial charge in [-0.3, -0.25) is 8.93 Å². The van der Waals surface area contributed by atoms with Crippen molar-refractivity contribution in [2.75, 3.05) is 5.32 Å². The zero-order chi connectivity index (χ0) is 14.5. The van der Waals surface area contributed by atoms with Crippen LogP contribution in [0, 0.1) is 5.82 Å². The van der Waals surface area contributed by atoms with Gasteiger partial charge in [0.15, 0.2) is 0 Å². The van der Waals surface area contributed by atoms with Gasteiger partial charge in [-0.05, 0) is 35.4 Å². The molecule has 0 aliphatic rings. The second-order valence-electron chi connectivity index (χ2n) is 3.88. The van der Waals surface area contributed by atoms with Gasteiger partial charge in [-0.25, -0.2) is 9.18 Å². The van der Waals surface area contributed by atoms with E-state index in [1.54, 1.807) is 41.1 Å². The first kappa shape index (κ1) is 14.2. The van der Waals surface area contributed by atoms with Crippen molar-refractivity contribution in [1.82, 2.24) is 4.72 Å². The number of halogens is 1. The minimum absolute atomic E-state index is 0.331. The minimum Gasteiger partial charge on any atom is -0.755 e. The molecule has 7 heteroatoms. The first-order valence-electron chi connectivity index (χ1n) is 5.57. The Labute approximate surface area is 117 Å². The lowest BCUT2D eigenvalue weighted by Crippen LogP contribution is -2.30. The smallest absolute Gasteiger partial charge is 0.330 e. The van der Waals surface area contributed by atoms with Gasteiger partial charge in [0.1, 0.15) is 5.82 Å². The Morgan fingerprint density at radius 2 is 1.80 bits per heavy atom. The first-order chi connectivity index (χ1) is 9.54. The molecular weight excluding hydrogens is 283 g/mol. The Balaban J connectivity index is 2.10. The van der Waals surface area contributed by atoms with Crippen LogP contribution in [0.15, 0.2) is 48.5 Å². The van der Waals surface area contributed by atoms with E-state index in [0.29, 0.717) is 11.3 Å². The normalized spacial score (nSPS) is 11.7. The van der Waals surface area contributed by atoms with Crippen LogP contribution in [0.4, 0.5) is 14.9 Å². The van der Waals surface area contributed by atoms with Crippen molar-refractivity contribution in [1.29, 1.82) is 0 Å². The van der Waals surface area contributed by atoms with E-state index in [4.69, 9.17) is 0 Å². The molecule has 0 bridgehead atoms. The number of hydrogen-bond acceptors (Lipinski definition) is 3. The van der Waals surface area contributed by atoms with Crippen molar-refractivity contribution < 1.29 is 17.9 Å². The van der Waals surface area contributed by atoms with Crippen LogP contribution >= 0.6 is 0 Å². The largest absolute Gasteiger partial charge is 0.755 e. The maximum Gasteiger partial charge on any atom is 0.330 e.